The summed E-state index contributed by atoms with van der Waals surface area (Å²) in [6.45, 7) is 3.06. The molecule has 0 spiro atoms. The van der Waals surface area contributed by atoms with Gasteiger partial charge in [-0.15, -0.1) is 0 Å². The molecule has 0 saturated carbocycles. The number of hydrogen-bond acceptors (Lipinski definition) is 3. The fourth-order valence-electron chi connectivity index (χ4n) is 1.43. The van der Waals surface area contributed by atoms with Gasteiger partial charge in [0.25, 0.3) is 5.91 Å². The lowest BCUT2D eigenvalue weighted by atomic mass is 10.2. The van der Waals surface area contributed by atoms with E-state index >= 15 is 0 Å². The second-order valence-electron chi connectivity index (χ2n) is 3.93. The summed E-state index contributed by atoms with van der Waals surface area (Å²) >= 11 is 3.46. The topological polar surface area (TPSA) is 42.4 Å². The number of methoxy groups -OCH3 is 1. The first kappa shape index (κ1) is 14.1. The molecular formula is C12H17BrN2O2. The molecule has 1 aromatic heterocycles. The number of hydrogen-bond donors (Lipinski definition) is 0. The molecule has 5 heteroatoms. The van der Waals surface area contributed by atoms with Gasteiger partial charge in [-0.2, -0.15) is 0 Å². The second-order valence-corrected chi connectivity index (χ2v) is 5.22. The molecule has 1 atom stereocenters. The SMILES string of the molecule is COCC(Br)CN(C)C(=O)c1ccc(C)nc1. The number of rotatable bonds is 5. The van der Waals surface area contributed by atoms with Crippen LogP contribution >= 0.6 is 15.9 Å². The summed E-state index contributed by atoms with van der Waals surface area (Å²) < 4.78 is 5.01. The molecule has 0 N–H and O–H groups in total. The lowest BCUT2D eigenvalue weighted by Gasteiger charge is -2.20. The third-order valence-electron chi connectivity index (χ3n) is 2.32. The fraction of sp³-hybridized carbons (Fsp3) is 0.500. The van der Waals surface area contributed by atoms with Crippen molar-refractivity contribution in [2.24, 2.45) is 0 Å². The molecule has 1 aromatic rings. The lowest BCUT2D eigenvalue weighted by molar-refractivity contribution is 0.0784. The highest BCUT2D eigenvalue weighted by Crippen LogP contribution is 2.07. The summed E-state index contributed by atoms with van der Waals surface area (Å²) in [5.74, 6) is -0.0296. The molecule has 0 saturated heterocycles. The van der Waals surface area contributed by atoms with Gasteiger partial charge in [-0.05, 0) is 19.1 Å². The molecule has 4 nitrogen and oxygen atoms in total. The van der Waals surface area contributed by atoms with Crippen molar-refractivity contribution in [2.75, 3.05) is 27.3 Å². The summed E-state index contributed by atoms with van der Waals surface area (Å²) in [5.41, 5.74) is 1.51. The second kappa shape index (κ2) is 6.71. The van der Waals surface area contributed by atoms with Crippen LogP contribution in [-0.4, -0.2) is 47.9 Å². The molecule has 0 fully saturated rings. The summed E-state index contributed by atoms with van der Waals surface area (Å²) in [4.78, 5) is 17.9. The number of ether oxygens (including phenoxy) is 1. The van der Waals surface area contributed by atoms with Gasteiger partial charge in [0.15, 0.2) is 0 Å². The van der Waals surface area contributed by atoms with Crippen LogP contribution < -0.4 is 0 Å². The molecule has 1 rings (SSSR count). The van der Waals surface area contributed by atoms with Crippen molar-refractivity contribution in [1.29, 1.82) is 0 Å². The first-order chi connectivity index (χ1) is 8.04. The van der Waals surface area contributed by atoms with Gasteiger partial charge < -0.3 is 9.64 Å². The highest BCUT2D eigenvalue weighted by Gasteiger charge is 2.15. The zero-order valence-corrected chi connectivity index (χ0v) is 11.9. The number of amides is 1. The van der Waals surface area contributed by atoms with E-state index in [4.69, 9.17) is 4.74 Å². The number of alkyl halides is 1. The minimum Gasteiger partial charge on any atom is -0.383 e. The Kier molecular flexibility index (Phi) is 5.58. The van der Waals surface area contributed by atoms with Crippen LogP contribution in [0.25, 0.3) is 0 Å². The monoisotopic (exact) mass is 300 g/mol. The third-order valence-corrected chi connectivity index (χ3v) is 2.88. The Labute approximate surface area is 110 Å². The van der Waals surface area contributed by atoms with E-state index in [0.29, 0.717) is 18.7 Å². The van der Waals surface area contributed by atoms with Crippen molar-refractivity contribution in [1.82, 2.24) is 9.88 Å². The Bertz CT molecular complexity index is 367. The van der Waals surface area contributed by atoms with Gasteiger partial charge in [-0.3, -0.25) is 9.78 Å². The minimum absolute atomic E-state index is 0.0296. The maximum Gasteiger partial charge on any atom is 0.255 e. The summed E-state index contributed by atoms with van der Waals surface area (Å²) in [6, 6.07) is 3.63. The first-order valence-corrected chi connectivity index (χ1v) is 6.27. The Morgan fingerprint density at radius 3 is 2.82 bits per heavy atom. The molecule has 94 valence electrons. The Balaban J connectivity index is 2.60. The summed E-state index contributed by atoms with van der Waals surface area (Å²) in [7, 11) is 3.41. The highest BCUT2D eigenvalue weighted by molar-refractivity contribution is 9.09. The van der Waals surface area contributed by atoms with Crippen LogP contribution in [0, 0.1) is 6.92 Å². The predicted molar refractivity (Wildman–Crippen MR) is 70.5 cm³/mol. The minimum atomic E-state index is -0.0296. The van der Waals surface area contributed by atoms with Crippen LogP contribution in [0.3, 0.4) is 0 Å². The molecule has 0 aliphatic rings. The van der Waals surface area contributed by atoms with Gasteiger partial charge >= 0.3 is 0 Å². The number of nitrogens with zero attached hydrogens (tertiary/aromatic N) is 2. The normalized spacial score (nSPS) is 12.2. The van der Waals surface area contributed by atoms with Crippen LogP contribution in [0.15, 0.2) is 18.3 Å². The van der Waals surface area contributed by atoms with Crippen LogP contribution in [0.1, 0.15) is 16.1 Å². The average Bonchev–Trinajstić information content (AvgIpc) is 2.29. The standard InChI is InChI=1S/C12H17BrN2O2/c1-9-4-5-10(6-14-9)12(16)15(2)7-11(13)8-17-3/h4-6,11H,7-8H2,1-3H3. The molecule has 0 bridgehead atoms. The number of carbonyl (C=O) groups excluding carboxylic acids is 1. The van der Waals surface area contributed by atoms with Gasteiger partial charge in [-0.25, -0.2) is 0 Å². The van der Waals surface area contributed by atoms with E-state index in [1.54, 1.807) is 31.3 Å². The van der Waals surface area contributed by atoms with Crippen molar-refractivity contribution in [3.05, 3.63) is 29.6 Å². The van der Waals surface area contributed by atoms with E-state index in [2.05, 4.69) is 20.9 Å². The maximum atomic E-state index is 12.0. The molecule has 1 heterocycles. The molecular weight excluding hydrogens is 284 g/mol. The van der Waals surface area contributed by atoms with Gasteiger partial charge in [0.1, 0.15) is 0 Å². The Morgan fingerprint density at radius 2 is 2.29 bits per heavy atom. The largest absolute Gasteiger partial charge is 0.383 e. The predicted octanol–water partition coefficient (Wildman–Crippen LogP) is 1.87. The van der Waals surface area contributed by atoms with Crippen molar-refractivity contribution in [2.45, 2.75) is 11.8 Å². The third kappa shape index (κ3) is 4.44. The van der Waals surface area contributed by atoms with Gasteiger partial charge in [0, 0.05) is 32.6 Å². The molecule has 0 aromatic carbocycles. The molecule has 17 heavy (non-hydrogen) atoms. The quantitative estimate of drug-likeness (QED) is 0.780. The Morgan fingerprint density at radius 1 is 1.59 bits per heavy atom. The maximum absolute atomic E-state index is 12.0. The summed E-state index contributed by atoms with van der Waals surface area (Å²) in [6.07, 6.45) is 1.60. The molecule has 1 unspecified atom stereocenters. The van der Waals surface area contributed by atoms with Crippen molar-refractivity contribution >= 4 is 21.8 Å². The zero-order chi connectivity index (χ0) is 12.8. The molecule has 0 aliphatic heterocycles. The van der Waals surface area contributed by atoms with Crippen molar-refractivity contribution in [3.8, 4) is 0 Å². The van der Waals surface area contributed by atoms with E-state index in [9.17, 15) is 4.79 Å². The van der Waals surface area contributed by atoms with Crippen LogP contribution in [0.4, 0.5) is 0 Å². The zero-order valence-electron chi connectivity index (χ0n) is 10.3. The van der Waals surface area contributed by atoms with E-state index in [-0.39, 0.29) is 10.7 Å². The summed E-state index contributed by atoms with van der Waals surface area (Å²) in [5, 5.41) is 0. The molecule has 0 radical (unpaired) electrons. The van der Waals surface area contributed by atoms with Crippen LogP contribution in [0.5, 0.6) is 0 Å². The Hall–Kier alpha value is -0.940. The lowest BCUT2D eigenvalue weighted by Crippen LogP contribution is -2.33. The van der Waals surface area contributed by atoms with Crippen LogP contribution in [-0.2, 0) is 4.74 Å². The van der Waals surface area contributed by atoms with Gasteiger partial charge in [0.2, 0.25) is 0 Å². The molecule has 0 aliphatic carbocycles. The number of carbonyl (C=O) groups is 1. The van der Waals surface area contributed by atoms with Crippen molar-refractivity contribution in [3.63, 3.8) is 0 Å². The smallest absolute Gasteiger partial charge is 0.255 e. The number of halogens is 1. The van der Waals surface area contributed by atoms with Crippen LogP contribution in [0.2, 0.25) is 0 Å². The van der Waals surface area contributed by atoms with Crippen molar-refractivity contribution < 1.29 is 9.53 Å². The average molecular weight is 301 g/mol. The van der Waals surface area contributed by atoms with Gasteiger partial charge in [0.05, 0.1) is 17.0 Å². The first-order valence-electron chi connectivity index (χ1n) is 5.35. The fourth-order valence-corrected chi connectivity index (χ4v) is 2.13. The van der Waals surface area contributed by atoms with E-state index in [0.717, 1.165) is 5.69 Å². The molecule has 1 amide bonds. The van der Waals surface area contributed by atoms with E-state index < -0.39 is 0 Å². The van der Waals surface area contributed by atoms with E-state index in [1.165, 1.54) is 0 Å². The van der Waals surface area contributed by atoms with E-state index in [1.807, 2.05) is 13.0 Å². The van der Waals surface area contributed by atoms with Gasteiger partial charge in [-0.1, -0.05) is 15.9 Å². The highest BCUT2D eigenvalue weighted by atomic mass is 79.9. The number of pyridine rings is 1. The number of aromatic nitrogens is 1. The number of aryl methyl sites for hydroxylation is 1.